The van der Waals surface area contributed by atoms with E-state index in [-0.39, 0.29) is 11.4 Å². The number of amides is 1. The quantitative estimate of drug-likeness (QED) is 0.419. The van der Waals surface area contributed by atoms with Crippen LogP contribution in [0.3, 0.4) is 0 Å². The van der Waals surface area contributed by atoms with Gasteiger partial charge in [-0.05, 0) is 72.7 Å². The molecule has 3 aromatic rings. The second kappa shape index (κ2) is 9.51. The van der Waals surface area contributed by atoms with E-state index in [0.717, 1.165) is 37.7 Å². The first-order valence-corrected chi connectivity index (χ1v) is 12.1. The molecule has 2 heterocycles. The topological polar surface area (TPSA) is 64.8 Å². The van der Waals surface area contributed by atoms with Crippen molar-refractivity contribution < 1.29 is 14.3 Å². The minimum absolute atomic E-state index is 0.0427. The summed E-state index contributed by atoms with van der Waals surface area (Å²) in [7, 11) is 3.20. The molecule has 0 radical (unpaired) electrons. The summed E-state index contributed by atoms with van der Waals surface area (Å²) in [5.74, 6) is 1.28. The van der Waals surface area contributed by atoms with Crippen molar-refractivity contribution >= 4 is 27.3 Å². The van der Waals surface area contributed by atoms with Crippen LogP contribution < -0.4 is 15.2 Å². The average Bonchev–Trinajstić information content (AvgIpc) is 3.35. The van der Waals surface area contributed by atoms with Crippen LogP contribution in [0, 0.1) is 0 Å². The molecular formula is C26H32N2O3S. The van der Waals surface area contributed by atoms with Gasteiger partial charge in [-0.1, -0.05) is 24.6 Å². The van der Waals surface area contributed by atoms with E-state index in [4.69, 9.17) is 15.2 Å². The lowest BCUT2D eigenvalue weighted by atomic mass is 9.91. The number of benzene rings is 2. The Hall–Kier alpha value is -2.57. The Morgan fingerprint density at radius 3 is 2.62 bits per heavy atom. The molecule has 0 fully saturated rings. The molecule has 0 spiro atoms. The van der Waals surface area contributed by atoms with Crippen LogP contribution in [-0.2, 0) is 13.0 Å². The van der Waals surface area contributed by atoms with Crippen molar-refractivity contribution in [1.29, 1.82) is 0 Å². The summed E-state index contributed by atoms with van der Waals surface area (Å²) in [6.45, 7) is 3.35. The van der Waals surface area contributed by atoms with Crippen LogP contribution in [0.4, 0.5) is 0 Å². The lowest BCUT2D eigenvalue weighted by Crippen LogP contribution is -2.40. The minimum Gasteiger partial charge on any atom is -0.493 e. The highest BCUT2D eigenvalue weighted by Gasteiger charge is 2.30. The van der Waals surface area contributed by atoms with Gasteiger partial charge in [0.25, 0.3) is 5.91 Å². The molecule has 170 valence electrons. The second-order valence-electron chi connectivity index (χ2n) is 8.96. The summed E-state index contributed by atoms with van der Waals surface area (Å²) in [6.07, 6.45) is 5.03. The molecule has 2 N–H and O–H groups in total. The maximum Gasteiger partial charge on any atom is 0.254 e. The molecule has 6 heteroatoms. The van der Waals surface area contributed by atoms with Gasteiger partial charge >= 0.3 is 0 Å². The summed E-state index contributed by atoms with van der Waals surface area (Å²) < 4.78 is 12.1. The van der Waals surface area contributed by atoms with Crippen LogP contribution in [0.1, 0.15) is 54.1 Å². The number of fused-ring (bicyclic) bond motifs is 2. The molecule has 1 aromatic heterocycles. The van der Waals surface area contributed by atoms with Gasteiger partial charge in [-0.25, -0.2) is 0 Å². The number of thiophene rings is 1. The highest BCUT2D eigenvalue weighted by molar-refractivity contribution is 7.17. The van der Waals surface area contributed by atoms with Gasteiger partial charge in [0.2, 0.25) is 0 Å². The fraction of sp³-hybridized carbons (Fsp3) is 0.423. The van der Waals surface area contributed by atoms with Gasteiger partial charge in [0.1, 0.15) is 0 Å². The average molecular weight is 453 g/mol. The molecule has 1 aliphatic rings. The van der Waals surface area contributed by atoms with Crippen molar-refractivity contribution in [2.75, 3.05) is 20.8 Å². The van der Waals surface area contributed by atoms with Gasteiger partial charge in [0.05, 0.1) is 14.2 Å². The van der Waals surface area contributed by atoms with E-state index in [2.05, 4.69) is 36.6 Å². The van der Waals surface area contributed by atoms with Gasteiger partial charge in [-0.15, -0.1) is 11.3 Å². The normalized spacial score (nSPS) is 15.1. The number of carbonyl (C=O) groups excluding carboxylic acids is 1. The smallest absolute Gasteiger partial charge is 0.254 e. The summed E-state index contributed by atoms with van der Waals surface area (Å²) in [4.78, 5) is 14.8. The Balaban J connectivity index is 1.27. The van der Waals surface area contributed by atoms with Crippen molar-refractivity contribution in [3.63, 3.8) is 0 Å². The summed E-state index contributed by atoms with van der Waals surface area (Å²) in [6, 6.07) is 12.3. The largest absolute Gasteiger partial charge is 0.493 e. The maximum absolute atomic E-state index is 12.9. The third kappa shape index (κ3) is 4.76. The van der Waals surface area contributed by atoms with Crippen molar-refractivity contribution in [2.24, 2.45) is 5.73 Å². The van der Waals surface area contributed by atoms with E-state index >= 15 is 0 Å². The molecule has 32 heavy (non-hydrogen) atoms. The summed E-state index contributed by atoms with van der Waals surface area (Å²) in [5, 5.41) is 3.67. The van der Waals surface area contributed by atoms with Crippen LogP contribution in [0.25, 0.3) is 10.1 Å². The fourth-order valence-corrected chi connectivity index (χ4v) is 5.46. The standard InChI is InChI=1S/C26H32N2O3S/c1-26(27,11-7-6-8-18-17-32-24-10-5-4-9-20(18)24)12-13-28-16-19-14-22(30-2)23(31-3)15-21(19)25(28)29/h4-5,9-10,14-15,17H,6-8,11-13,16,27H2,1-3H3. The molecule has 0 saturated heterocycles. The number of unbranched alkanes of at least 4 members (excludes halogenated alkanes) is 1. The predicted molar refractivity (Wildman–Crippen MR) is 131 cm³/mol. The Morgan fingerprint density at radius 1 is 1.09 bits per heavy atom. The monoisotopic (exact) mass is 452 g/mol. The van der Waals surface area contributed by atoms with E-state index in [0.29, 0.717) is 30.2 Å². The van der Waals surface area contributed by atoms with E-state index < -0.39 is 0 Å². The molecule has 1 aliphatic heterocycles. The number of carbonyl (C=O) groups is 1. The van der Waals surface area contributed by atoms with E-state index in [1.165, 1.54) is 15.6 Å². The zero-order valence-electron chi connectivity index (χ0n) is 19.1. The Bertz CT molecular complexity index is 1110. The van der Waals surface area contributed by atoms with Crippen LogP contribution in [0.15, 0.2) is 41.8 Å². The number of methoxy groups -OCH3 is 2. The van der Waals surface area contributed by atoms with Crippen molar-refractivity contribution in [3.8, 4) is 11.5 Å². The van der Waals surface area contributed by atoms with Gasteiger partial charge < -0.3 is 20.1 Å². The fourth-order valence-electron chi connectivity index (χ4n) is 4.47. The highest BCUT2D eigenvalue weighted by atomic mass is 32.1. The molecule has 1 unspecified atom stereocenters. The van der Waals surface area contributed by atoms with Crippen LogP contribution in [0.5, 0.6) is 11.5 Å². The lowest BCUT2D eigenvalue weighted by Gasteiger charge is -2.27. The Morgan fingerprint density at radius 2 is 1.84 bits per heavy atom. The van der Waals surface area contributed by atoms with E-state index in [1.54, 1.807) is 20.3 Å². The van der Waals surface area contributed by atoms with Gasteiger partial charge in [-0.3, -0.25) is 4.79 Å². The second-order valence-corrected chi connectivity index (χ2v) is 9.87. The number of nitrogens with two attached hydrogens (primary N) is 1. The molecule has 4 rings (SSSR count). The molecular weight excluding hydrogens is 420 g/mol. The highest BCUT2D eigenvalue weighted by Crippen LogP contribution is 2.35. The van der Waals surface area contributed by atoms with Gasteiger partial charge in [0.15, 0.2) is 11.5 Å². The number of hydrogen-bond acceptors (Lipinski definition) is 5. The van der Waals surface area contributed by atoms with Gasteiger partial charge in [-0.2, -0.15) is 0 Å². The Labute approximate surface area is 194 Å². The number of ether oxygens (including phenoxy) is 2. The van der Waals surface area contributed by atoms with E-state index in [1.807, 2.05) is 22.3 Å². The molecule has 5 nitrogen and oxygen atoms in total. The first-order valence-electron chi connectivity index (χ1n) is 11.2. The zero-order chi connectivity index (χ0) is 22.7. The first kappa shape index (κ1) is 22.6. The minimum atomic E-state index is -0.291. The number of rotatable bonds is 10. The molecule has 1 atom stereocenters. The van der Waals surface area contributed by atoms with Crippen molar-refractivity contribution in [3.05, 3.63) is 58.5 Å². The predicted octanol–water partition coefficient (Wildman–Crippen LogP) is 5.39. The first-order chi connectivity index (χ1) is 15.4. The molecule has 1 amide bonds. The third-order valence-electron chi connectivity index (χ3n) is 6.45. The molecule has 0 saturated carbocycles. The number of hydrogen-bond donors (Lipinski definition) is 1. The number of nitrogens with zero attached hydrogens (tertiary/aromatic N) is 1. The summed E-state index contributed by atoms with van der Waals surface area (Å²) in [5.41, 5.74) is 9.44. The van der Waals surface area contributed by atoms with E-state index in [9.17, 15) is 4.79 Å². The van der Waals surface area contributed by atoms with Crippen molar-refractivity contribution in [1.82, 2.24) is 4.90 Å². The molecule has 0 aliphatic carbocycles. The van der Waals surface area contributed by atoms with Crippen LogP contribution in [0.2, 0.25) is 0 Å². The van der Waals surface area contributed by atoms with Crippen LogP contribution in [-0.4, -0.2) is 37.1 Å². The third-order valence-corrected chi connectivity index (χ3v) is 7.46. The summed E-state index contributed by atoms with van der Waals surface area (Å²) >= 11 is 1.82. The maximum atomic E-state index is 12.9. The molecule has 2 aromatic carbocycles. The number of aryl methyl sites for hydroxylation is 1. The van der Waals surface area contributed by atoms with Crippen molar-refractivity contribution in [2.45, 2.75) is 51.1 Å². The zero-order valence-corrected chi connectivity index (χ0v) is 20.0. The van der Waals surface area contributed by atoms with Gasteiger partial charge in [0, 0.05) is 28.9 Å². The Kier molecular flexibility index (Phi) is 6.72. The van der Waals surface area contributed by atoms with Crippen LogP contribution >= 0.6 is 11.3 Å². The SMILES string of the molecule is COc1cc2c(cc1OC)C(=O)N(CCC(C)(N)CCCCc1csc3ccccc13)C2. The molecule has 0 bridgehead atoms. The lowest BCUT2D eigenvalue weighted by molar-refractivity contribution is 0.0766.